The van der Waals surface area contributed by atoms with Crippen molar-refractivity contribution in [1.82, 2.24) is 4.90 Å². The fourth-order valence-electron chi connectivity index (χ4n) is 1.50. The number of ether oxygens (including phenoxy) is 2. The summed E-state index contributed by atoms with van der Waals surface area (Å²) in [6, 6.07) is 0. The largest absolute Gasteiger partial charge is 0.422 e. The molecule has 0 aliphatic carbocycles. The lowest BCUT2D eigenvalue weighted by molar-refractivity contribution is -0.220. The van der Waals surface area contributed by atoms with Gasteiger partial charge in [-0.2, -0.15) is 5.26 Å². The molecule has 0 N–H and O–H groups in total. The minimum absolute atomic E-state index is 0.359. The van der Waals surface area contributed by atoms with Gasteiger partial charge in [0, 0.05) is 13.0 Å². The maximum atomic E-state index is 10.8. The molecule has 2 saturated heterocycles. The van der Waals surface area contributed by atoms with Gasteiger partial charge in [0.2, 0.25) is 0 Å². The number of hydrogen-bond acceptors (Lipinski definition) is 6. The van der Waals surface area contributed by atoms with E-state index in [-0.39, 0.29) is 0 Å². The molecule has 0 radical (unpaired) electrons. The van der Waals surface area contributed by atoms with Crippen molar-refractivity contribution in [3.05, 3.63) is 0 Å². The van der Waals surface area contributed by atoms with Crippen molar-refractivity contribution in [3.63, 3.8) is 0 Å². The first-order chi connectivity index (χ1) is 6.18. The fourth-order valence-corrected chi connectivity index (χ4v) is 1.50. The van der Waals surface area contributed by atoms with Crippen LogP contribution in [0.5, 0.6) is 0 Å². The summed E-state index contributed by atoms with van der Waals surface area (Å²) in [5.41, 5.74) is 0. The molecule has 6 nitrogen and oxygen atoms in total. The van der Waals surface area contributed by atoms with E-state index in [2.05, 4.69) is 0 Å². The molecule has 68 valence electrons. The van der Waals surface area contributed by atoms with Crippen LogP contribution in [0.4, 0.5) is 0 Å². The smallest absolute Gasteiger partial charge is 0.394 e. The van der Waals surface area contributed by atoms with E-state index in [0.29, 0.717) is 19.4 Å². The Bertz CT molecular complexity index is 303. The summed E-state index contributed by atoms with van der Waals surface area (Å²) in [6.45, 7) is 0.442. The molecule has 0 aromatic heterocycles. The van der Waals surface area contributed by atoms with Gasteiger partial charge in [0.05, 0.1) is 0 Å². The lowest BCUT2D eigenvalue weighted by Crippen LogP contribution is -2.42. The molecule has 0 unspecified atom stereocenters. The van der Waals surface area contributed by atoms with E-state index in [9.17, 15) is 9.59 Å². The highest BCUT2D eigenvalue weighted by molar-refractivity contribution is 6.31. The fraction of sp³-hybridized carbons (Fsp3) is 0.571. The van der Waals surface area contributed by atoms with E-state index in [1.165, 1.54) is 0 Å². The van der Waals surface area contributed by atoms with Gasteiger partial charge in [-0.15, -0.1) is 0 Å². The van der Waals surface area contributed by atoms with Gasteiger partial charge >= 0.3 is 17.8 Å². The Labute approximate surface area is 73.6 Å². The molecule has 0 amide bonds. The number of nitrogens with zero attached hydrogens (tertiary/aromatic N) is 2. The Hall–Kier alpha value is -1.77. The van der Waals surface area contributed by atoms with Crippen LogP contribution in [-0.2, 0) is 19.1 Å². The van der Waals surface area contributed by atoms with Crippen LogP contribution in [0.1, 0.15) is 12.8 Å². The van der Waals surface area contributed by atoms with Gasteiger partial charge in [0.25, 0.3) is 0 Å². The van der Waals surface area contributed by atoms with Crippen LogP contribution in [0.25, 0.3) is 0 Å². The summed E-state index contributed by atoms with van der Waals surface area (Å²) in [7, 11) is 0. The summed E-state index contributed by atoms with van der Waals surface area (Å²) in [5.74, 6) is -3.48. The minimum atomic E-state index is -1.43. The number of carbonyl (C=O) groups is 2. The average Bonchev–Trinajstić information content (AvgIpc) is 2.59. The lowest BCUT2D eigenvalue weighted by Gasteiger charge is -2.25. The minimum Gasteiger partial charge on any atom is -0.394 e. The second kappa shape index (κ2) is 2.36. The third kappa shape index (κ3) is 0.935. The molecule has 2 fully saturated rings. The molecule has 2 rings (SSSR count). The number of nitriles is 1. The SMILES string of the molecule is N#CN1CCCC12OC(=O)C(=O)O2. The van der Waals surface area contributed by atoms with E-state index in [4.69, 9.17) is 14.7 Å². The Morgan fingerprint density at radius 1 is 1.38 bits per heavy atom. The van der Waals surface area contributed by atoms with Gasteiger partial charge in [0.15, 0.2) is 6.19 Å². The molecule has 0 saturated carbocycles. The first kappa shape index (κ1) is 7.86. The molecule has 0 bridgehead atoms. The summed E-state index contributed by atoms with van der Waals surface area (Å²) < 4.78 is 9.44. The van der Waals surface area contributed by atoms with Crippen LogP contribution < -0.4 is 0 Å². The van der Waals surface area contributed by atoms with E-state index in [0.717, 1.165) is 4.90 Å². The van der Waals surface area contributed by atoms with Crippen molar-refractivity contribution in [1.29, 1.82) is 5.26 Å². The number of hydrogen-bond donors (Lipinski definition) is 0. The Morgan fingerprint density at radius 3 is 2.54 bits per heavy atom. The monoisotopic (exact) mass is 182 g/mol. The van der Waals surface area contributed by atoms with Gasteiger partial charge in [-0.25, -0.2) is 14.5 Å². The first-order valence-electron chi connectivity index (χ1n) is 3.82. The molecule has 2 aliphatic heterocycles. The maximum Gasteiger partial charge on any atom is 0.422 e. The molecule has 2 aliphatic rings. The number of esters is 2. The van der Waals surface area contributed by atoms with Crippen LogP contribution in [0, 0.1) is 11.5 Å². The zero-order chi connectivity index (χ0) is 9.47. The van der Waals surface area contributed by atoms with Gasteiger partial charge < -0.3 is 9.47 Å². The highest BCUT2D eigenvalue weighted by Crippen LogP contribution is 2.35. The Morgan fingerprint density at radius 2 is 2.00 bits per heavy atom. The molecule has 2 heterocycles. The van der Waals surface area contributed by atoms with Crippen molar-refractivity contribution in [2.24, 2.45) is 0 Å². The van der Waals surface area contributed by atoms with E-state index in [1.807, 2.05) is 6.19 Å². The van der Waals surface area contributed by atoms with E-state index >= 15 is 0 Å². The molecular formula is C7H6N2O4. The second-order valence-electron chi connectivity index (χ2n) is 2.85. The zero-order valence-corrected chi connectivity index (χ0v) is 6.65. The zero-order valence-electron chi connectivity index (χ0n) is 6.65. The molecule has 1 spiro atoms. The standard InChI is InChI=1S/C7H6N2O4/c8-4-9-3-1-2-7(9)12-5(10)6(11)13-7/h1-3H2. The van der Waals surface area contributed by atoms with Gasteiger partial charge in [0.1, 0.15) is 0 Å². The highest BCUT2D eigenvalue weighted by atomic mass is 16.8. The molecular weight excluding hydrogens is 176 g/mol. The van der Waals surface area contributed by atoms with Crippen molar-refractivity contribution < 1.29 is 19.1 Å². The molecule has 6 heteroatoms. The molecule has 0 aromatic carbocycles. The Balaban J connectivity index is 2.28. The first-order valence-corrected chi connectivity index (χ1v) is 3.82. The van der Waals surface area contributed by atoms with Gasteiger partial charge in [-0.1, -0.05) is 0 Å². The van der Waals surface area contributed by atoms with Crippen LogP contribution in [-0.4, -0.2) is 29.3 Å². The summed E-state index contributed by atoms with van der Waals surface area (Å²) >= 11 is 0. The van der Waals surface area contributed by atoms with Gasteiger partial charge in [-0.3, -0.25) is 0 Å². The summed E-state index contributed by atoms with van der Waals surface area (Å²) in [6.07, 6.45) is 2.84. The second-order valence-corrected chi connectivity index (χ2v) is 2.85. The summed E-state index contributed by atoms with van der Waals surface area (Å²) in [5, 5.41) is 8.66. The third-order valence-electron chi connectivity index (χ3n) is 2.08. The Kier molecular flexibility index (Phi) is 1.42. The molecule has 0 aromatic rings. The number of likely N-dealkylation sites (tertiary alicyclic amines) is 1. The van der Waals surface area contributed by atoms with Crippen LogP contribution in [0.2, 0.25) is 0 Å². The topological polar surface area (TPSA) is 79.6 Å². The van der Waals surface area contributed by atoms with Crippen molar-refractivity contribution in [2.45, 2.75) is 18.8 Å². The molecule has 13 heavy (non-hydrogen) atoms. The van der Waals surface area contributed by atoms with Gasteiger partial charge in [-0.05, 0) is 6.42 Å². The van der Waals surface area contributed by atoms with Crippen molar-refractivity contribution >= 4 is 11.9 Å². The normalized spacial score (nSPS) is 24.4. The predicted molar refractivity (Wildman–Crippen MR) is 36.5 cm³/mol. The van der Waals surface area contributed by atoms with Crippen molar-refractivity contribution in [3.8, 4) is 6.19 Å². The van der Waals surface area contributed by atoms with Crippen LogP contribution >= 0.6 is 0 Å². The van der Waals surface area contributed by atoms with Crippen LogP contribution in [0.3, 0.4) is 0 Å². The van der Waals surface area contributed by atoms with E-state index in [1.54, 1.807) is 0 Å². The third-order valence-corrected chi connectivity index (χ3v) is 2.08. The van der Waals surface area contributed by atoms with Crippen molar-refractivity contribution in [2.75, 3.05) is 6.54 Å². The predicted octanol–water partition coefficient (Wildman–Crippen LogP) is -0.683. The highest BCUT2D eigenvalue weighted by Gasteiger charge is 2.55. The number of carbonyl (C=O) groups excluding carboxylic acids is 2. The quantitative estimate of drug-likeness (QED) is 0.280. The molecule has 0 atom stereocenters. The number of rotatable bonds is 0. The lowest BCUT2D eigenvalue weighted by atomic mass is 10.3. The maximum absolute atomic E-state index is 10.8. The summed E-state index contributed by atoms with van der Waals surface area (Å²) in [4.78, 5) is 22.7. The average molecular weight is 182 g/mol. The van der Waals surface area contributed by atoms with Crippen LogP contribution in [0.15, 0.2) is 0 Å². The van der Waals surface area contributed by atoms with E-state index < -0.39 is 17.8 Å².